The number of amides is 2. The molecule has 4 rings (SSSR count). The molecule has 1 atom stereocenters. The van der Waals surface area contributed by atoms with Gasteiger partial charge in [-0.05, 0) is 36.6 Å². The van der Waals surface area contributed by atoms with Gasteiger partial charge in [-0.2, -0.15) is 10.2 Å². The van der Waals surface area contributed by atoms with Gasteiger partial charge in [0.1, 0.15) is 11.8 Å². The number of hydrogen-bond donors (Lipinski definition) is 2. The van der Waals surface area contributed by atoms with E-state index in [2.05, 4.69) is 35.6 Å². The van der Waals surface area contributed by atoms with Crippen molar-refractivity contribution >= 4 is 17.8 Å². The predicted octanol–water partition coefficient (Wildman–Crippen LogP) is 3.06. The maximum absolute atomic E-state index is 12.7. The molecule has 1 aromatic carbocycles. The normalized spacial score (nSPS) is 16.1. The number of carbonyl (C=O) groups excluding carboxylic acids is 2. The van der Waals surface area contributed by atoms with Crippen LogP contribution in [0.2, 0.25) is 0 Å². The second-order valence-electron chi connectivity index (χ2n) is 8.00. The second-order valence-corrected chi connectivity index (χ2v) is 8.00. The summed E-state index contributed by atoms with van der Waals surface area (Å²) in [7, 11) is 0. The number of aromatic nitrogens is 2. The van der Waals surface area contributed by atoms with Crippen molar-refractivity contribution in [2.75, 3.05) is 25.0 Å². The number of nitrogens with zero attached hydrogens (tertiary/aromatic N) is 5. The first-order chi connectivity index (χ1) is 16.7. The lowest BCUT2D eigenvalue weighted by Crippen LogP contribution is -2.48. The van der Waals surface area contributed by atoms with Crippen LogP contribution in [0.5, 0.6) is 5.75 Å². The second kappa shape index (κ2) is 10.1. The van der Waals surface area contributed by atoms with E-state index in [-0.39, 0.29) is 29.7 Å². The van der Waals surface area contributed by atoms with Crippen molar-refractivity contribution in [1.29, 1.82) is 0 Å². The van der Waals surface area contributed by atoms with Crippen molar-refractivity contribution in [2.24, 2.45) is 10.2 Å². The van der Waals surface area contributed by atoms with Crippen LogP contribution >= 0.6 is 0 Å². The highest BCUT2D eigenvalue weighted by atomic mass is 19.4. The third-order valence-corrected chi connectivity index (χ3v) is 5.41. The van der Waals surface area contributed by atoms with E-state index in [9.17, 15) is 22.8 Å². The number of anilines is 1. The van der Waals surface area contributed by atoms with Gasteiger partial charge >= 0.3 is 6.36 Å². The summed E-state index contributed by atoms with van der Waals surface area (Å²) < 4.78 is 41.0. The lowest BCUT2D eigenvalue weighted by atomic mass is 10.1. The van der Waals surface area contributed by atoms with E-state index < -0.39 is 18.3 Å². The Morgan fingerprint density at radius 1 is 1.23 bits per heavy atom. The average molecular weight is 489 g/mol. The van der Waals surface area contributed by atoms with Gasteiger partial charge in [0.05, 0.1) is 24.4 Å². The third kappa shape index (κ3) is 6.31. The molecule has 1 aromatic heterocycles. The van der Waals surface area contributed by atoms with Gasteiger partial charge in [-0.25, -0.2) is 9.97 Å². The number of alkyl halides is 3. The van der Waals surface area contributed by atoms with E-state index in [1.807, 2.05) is 0 Å². The fraction of sp³-hybridized carbons (Fsp3) is 0.364. The van der Waals surface area contributed by atoms with Gasteiger partial charge in [-0.3, -0.25) is 9.59 Å². The zero-order valence-corrected chi connectivity index (χ0v) is 18.7. The molecular formula is C22H22F3N7O3. The Bertz CT molecular complexity index is 1170. The predicted molar refractivity (Wildman–Crippen MR) is 117 cm³/mol. The van der Waals surface area contributed by atoms with Crippen LogP contribution in [-0.2, 0) is 11.3 Å². The molecular weight excluding hydrogens is 467 g/mol. The molecule has 2 aliphatic heterocycles. The molecule has 2 aromatic rings. The van der Waals surface area contributed by atoms with Crippen molar-refractivity contribution in [3.05, 3.63) is 59.1 Å². The third-order valence-electron chi connectivity index (χ3n) is 5.41. The molecule has 0 spiro atoms. The average Bonchev–Trinajstić information content (AvgIpc) is 3.29. The summed E-state index contributed by atoms with van der Waals surface area (Å²) in [6, 6.07) is 4.74. The van der Waals surface area contributed by atoms with Crippen LogP contribution < -0.4 is 15.4 Å². The molecule has 13 heteroatoms. The number of carbonyl (C=O) groups is 2. The van der Waals surface area contributed by atoms with Crippen molar-refractivity contribution in [1.82, 2.24) is 20.2 Å². The van der Waals surface area contributed by atoms with Crippen molar-refractivity contribution in [2.45, 2.75) is 32.3 Å². The van der Waals surface area contributed by atoms with Crippen LogP contribution in [0.15, 0.2) is 58.2 Å². The van der Waals surface area contributed by atoms with Gasteiger partial charge < -0.3 is 20.3 Å². The fourth-order valence-electron chi connectivity index (χ4n) is 3.64. The molecule has 2 aliphatic rings. The zero-order valence-electron chi connectivity index (χ0n) is 18.7. The first kappa shape index (κ1) is 24.1. The molecule has 0 fully saturated rings. The molecule has 0 saturated carbocycles. The molecule has 10 nitrogen and oxygen atoms in total. The molecule has 3 heterocycles. The molecule has 1 unspecified atom stereocenters. The standard InChI is InChI=1S/C22H22F3N7O3/c1-13(20(34)32-6-5-15-11-29-31-18(15)12-32)30-19(33)16-9-27-21(28-10-16)26-8-14-3-2-4-17(7-14)35-22(23,24)25/h2-4,7,9-10,13H,5-6,8,11-12H2,1H3,(H,30,33)(H,26,27,28). The summed E-state index contributed by atoms with van der Waals surface area (Å²) in [5, 5.41) is 13.6. The molecule has 2 N–H and O–H groups in total. The Balaban J connectivity index is 1.28. The largest absolute Gasteiger partial charge is 0.573 e. The van der Waals surface area contributed by atoms with Gasteiger partial charge in [-0.15, -0.1) is 13.2 Å². The van der Waals surface area contributed by atoms with Gasteiger partial charge in [0.25, 0.3) is 5.91 Å². The van der Waals surface area contributed by atoms with E-state index in [1.54, 1.807) is 17.9 Å². The highest BCUT2D eigenvalue weighted by Crippen LogP contribution is 2.25. The van der Waals surface area contributed by atoms with Crippen LogP contribution in [-0.4, -0.2) is 58.7 Å². The van der Waals surface area contributed by atoms with E-state index >= 15 is 0 Å². The highest BCUT2D eigenvalue weighted by Gasteiger charge is 2.31. The highest BCUT2D eigenvalue weighted by molar-refractivity contribution is 5.97. The molecule has 0 bridgehead atoms. The van der Waals surface area contributed by atoms with Gasteiger partial charge in [-0.1, -0.05) is 12.1 Å². The Labute approximate surface area is 198 Å². The number of hydrogen-bond acceptors (Lipinski definition) is 8. The van der Waals surface area contributed by atoms with E-state index in [1.165, 1.54) is 30.6 Å². The lowest BCUT2D eigenvalue weighted by molar-refractivity contribution is -0.274. The quantitative estimate of drug-likeness (QED) is 0.617. The Kier molecular flexibility index (Phi) is 6.94. The number of nitrogens with one attached hydrogen (secondary N) is 2. The maximum Gasteiger partial charge on any atom is 0.573 e. The van der Waals surface area contributed by atoms with Crippen LogP contribution in [0.25, 0.3) is 0 Å². The molecule has 0 aliphatic carbocycles. The van der Waals surface area contributed by atoms with E-state index in [0.29, 0.717) is 25.2 Å². The van der Waals surface area contributed by atoms with E-state index in [4.69, 9.17) is 0 Å². The van der Waals surface area contributed by atoms with Crippen LogP contribution in [0.4, 0.5) is 19.1 Å². The summed E-state index contributed by atoms with van der Waals surface area (Å²) in [4.78, 5) is 35.0. The smallest absolute Gasteiger partial charge is 0.406 e. The molecule has 0 saturated heterocycles. The molecule has 2 amide bonds. The van der Waals surface area contributed by atoms with Gasteiger partial charge in [0, 0.05) is 25.5 Å². The zero-order chi connectivity index (χ0) is 25.0. The van der Waals surface area contributed by atoms with Crippen LogP contribution in [0, 0.1) is 0 Å². The SMILES string of the molecule is CC(NC(=O)c1cnc(NCc2cccc(OC(F)(F)F)c2)nc1)C(=O)N1CCC2=C(C1)N=NC2. The number of benzene rings is 1. The summed E-state index contributed by atoms with van der Waals surface area (Å²) in [6.07, 6.45) is -1.47. The van der Waals surface area contributed by atoms with Crippen molar-refractivity contribution in [3.63, 3.8) is 0 Å². The minimum absolute atomic E-state index is 0.139. The minimum atomic E-state index is -4.77. The number of azo groups is 1. The van der Waals surface area contributed by atoms with Crippen molar-refractivity contribution < 1.29 is 27.5 Å². The Hall–Kier alpha value is -4.03. The minimum Gasteiger partial charge on any atom is -0.406 e. The van der Waals surface area contributed by atoms with E-state index in [0.717, 1.165) is 17.7 Å². The van der Waals surface area contributed by atoms with Crippen LogP contribution in [0.3, 0.4) is 0 Å². The molecule has 0 radical (unpaired) electrons. The lowest BCUT2D eigenvalue weighted by Gasteiger charge is -2.29. The Morgan fingerprint density at radius 3 is 2.74 bits per heavy atom. The maximum atomic E-state index is 12.7. The summed E-state index contributed by atoms with van der Waals surface area (Å²) in [6.45, 7) is 3.27. The number of halogens is 3. The first-order valence-electron chi connectivity index (χ1n) is 10.8. The fourth-order valence-corrected chi connectivity index (χ4v) is 3.64. The van der Waals surface area contributed by atoms with Gasteiger partial charge in [0.15, 0.2) is 0 Å². The first-order valence-corrected chi connectivity index (χ1v) is 10.8. The van der Waals surface area contributed by atoms with Gasteiger partial charge in [0.2, 0.25) is 11.9 Å². The number of rotatable bonds is 7. The number of ether oxygens (including phenoxy) is 1. The Morgan fingerprint density at radius 2 is 2.00 bits per heavy atom. The summed E-state index contributed by atoms with van der Waals surface area (Å²) >= 11 is 0. The molecule has 184 valence electrons. The summed E-state index contributed by atoms with van der Waals surface area (Å²) in [5.41, 5.74) is 2.64. The van der Waals surface area contributed by atoms with Crippen molar-refractivity contribution in [3.8, 4) is 5.75 Å². The topological polar surface area (TPSA) is 121 Å². The summed E-state index contributed by atoms with van der Waals surface area (Å²) in [5.74, 6) is -0.881. The monoisotopic (exact) mass is 489 g/mol. The van der Waals surface area contributed by atoms with Crippen LogP contribution in [0.1, 0.15) is 29.3 Å². The molecule has 35 heavy (non-hydrogen) atoms.